The van der Waals surface area contributed by atoms with Gasteiger partial charge in [0.25, 0.3) is 5.56 Å². The molecule has 1 aromatic heterocycles. The second-order valence-corrected chi connectivity index (χ2v) is 9.92. The molecule has 0 bridgehead atoms. The number of rotatable bonds is 5. The Hall–Kier alpha value is -3.86. The lowest BCUT2D eigenvalue weighted by molar-refractivity contribution is 0.212. The number of fused-ring (bicyclic) bond motifs is 1. The zero-order valence-electron chi connectivity index (χ0n) is 20.5. The summed E-state index contributed by atoms with van der Waals surface area (Å²) in [6.45, 7) is 3.20. The largest absolute Gasteiger partial charge is 0.364 e. The lowest BCUT2D eigenvalue weighted by Gasteiger charge is -2.41. The van der Waals surface area contributed by atoms with Gasteiger partial charge in [-0.2, -0.15) is 0 Å². The number of piperazine rings is 1. The molecule has 184 valence electrons. The van der Waals surface area contributed by atoms with E-state index in [1.54, 1.807) is 0 Å². The molecule has 1 fully saturated rings. The first-order valence-corrected chi connectivity index (χ1v) is 13.1. The van der Waals surface area contributed by atoms with Crippen LogP contribution in [0.15, 0.2) is 114 Å². The first-order chi connectivity index (χ1) is 18.2. The maximum absolute atomic E-state index is 13.5. The standard InChI is InChI=1S/C32H28ClN3O/c33-26-16-17-28-27(22-26)29(23-10-4-1-5-11-23)31(32(37)34-28)36-20-18-35(19-21-36)30(24-12-6-2-7-13-24)25-14-8-3-9-15-25/h1-17,22,30H,18-21H2,(H,34,37). The third-order valence-electron chi connectivity index (χ3n) is 7.24. The molecule has 1 aliphatic heterocycles. The van der Waals surface area contributed by atoms with E-state index in [2.05, 4.69) is 87.6 Å². The van der Waals surface area contributed by atoms with Crippen LogP contribution in [0.25, 0.3) is 22.0 Å². The molecule has 5 aromatic rings. The summed E-state index contributed by atoms with van der Waals surface area (Å²) in [7, 11) is 0. The van der Waals surface area contributed by atoms with Gasteiger partial charge in [0.05, 0.1) is 6.04 Å². The van der Waals surface area contributed by atoms with Crippen LogP contribution in [0, 0.1) is 0 Å². The van der Waals surface area contributed by atoms with Crippen LogP contribution >= 0.6 is 11.6 Å². The van der Waals surface area contributed by atoms with Gasteiger partial charge in [-0.05, 0) is 34.9 Å². The Morgan fingerprint density at radius 3 is 1.86 bits per heavy atom. The number of nitrogens with one attached hydrogen (secondary N) is 1. The van der Waals surface area contributed by atoms with Crippen LogP contribution in [0.3, 0.4) is 0 Å². The van der Waals surface area contributed by atoms with Gasteiger partial charge in [-0.3, -0.25) is 9.69 Å². The minimum absolute atomic E-state index is 0.0650. The van der Waals surface area contributed by atoms with Crippen LogP contribution in [0.5, 0.6) is 0 Å². The van der Waals surface area contributed by atoms with Crippen molar-refractivity contribution < 1.29 is 0 Å². The monoisotopic (exact) mass is 505 g/mol. The number of benzene rings is 4. The topological polar surface area (TPSA) is 39.3 Å². The quantitative estimate of drug-likeness (QED) is 0.287. The first-order valence-electron chi connectivity index (χ1n) is 12.7. The van der Waals surface area contributed by atoms with E-state index in [9.17, 15) is 4.79 Å². The van der Waals surface area contributed by atoms with E-state index in [1.165, 1.54) is 11.1 Å². The van der Waals surface area contributed by atoms with Crippen molar-refractivity contribution in [2.45, 2.75) is 6.04 Å². The molecule has 4 nitrogen and oxygen atoms in total. The number of aromatic amines is 1. The van der Waals surface area contributed by atoms with Crippen molar-refractivity contribution in [2.24, 2.45) is 0 Å². The van der Waals surface area contributed by atoms with Gasteiger partial charge in [-0.25, -0.2) is 0 Å². The number of aromatic nitrogens is 1. The fourth-order valence-corrected chi connectivity index (χ4v) is 5.71. The highest BCUT2D eigenvalue weighted by Crippen LogP contribution is 2.37. The second kappa shape index (κ2) is 10.3. The van der Waals surface area contributed by atoms with E-state index in [-0.39, 0.29) is 11.6 Å². The summed E-state index contributed by atoms with van der Waals surface area (Å²) in [4.78, 5) is 21.4. The maximum Gasteiger partial charge on any atom is 0.272 e. The van der Waals surface area contributed by atoms with E-state index in [1.807, 2.05) is 36.4 Å². The van der Waals surface area contributed by atoms with Crippen molar-refractivity contribution in [3.8, 4) is 11.1 Å². The molecule has 0 radical (unpaired) electrons. The van der Waals surface area contributed by atoms with Crippen molar-refractivity contribution in [1.82, 2.24) is 9.88 Å². The summed E-state index contributed by atoms with van der Waals surface area (Å²) < 4.78 is 0. The normalized spacial score (nSPS) is 14.4. The Labute approximate surface area is 221 Å². The number of pyridine rings is 1. The molecule has 5 heteroatoms. The third-order valence-corrected chi connectivity index (χ3v) is 7.47. The Bertz CT molecular complexity index is 1520. The highest BCUT2D eigenvalue weighted by molar-refractivity contribution is 6.31. The summed E-state index contributed by atoms with van der Waals surface area (Å²) in [6, 6.07) is 37.3. The second-order valence-electron chi connectivity index (χ2n) is 9.48. The molecule has 0 unspecified atom stereocenters. The highest BCUT2D eigenvalue weighted by atomic mass is 35.5. The molecule has 1 aliphatic rings. The summed E-state index contributed by atoms with van der Waals surface area (Å²) in [5, 5.41) is 1.61. The van der Waals surface area contributed by atoms with Crippen molar-refractivity contribution in [3.63, 3.8) is 0 Å². The lowest BCUT2D eigenvalue weighted by Crippen LogP contribution is -2.49. The van der Waals surface area contributed by atoms with Crippen LogP contribution in [0.2, 0.25) is 5.02 Å². The fraction of sp³-hybridized carbons (Fsp3) is 0.156. The lowest BCUT2D eigenvalue weighted by atomic mass is 9.96. The van der Waals surface area contributed by atoms with Crippen LogP contribution in [-0.2, 0) is 0 Å². The van der Waals surface area contributed by atoms with Crippen LogP contribution < -0.4 is 10.5 Å². The predicted octanol–water partition coefficient (Wildman–Crippen LogP) is 6.76. The van der Waals surface area contributed by atoms with E-state index in [4.69, 9.17) is 11.6 Å². The van der Waals surface area contributed by atoms with Crippen molar-refractivity contribution in [1.29, 1.82) is 0 Å². The van der Waals surface area contributed by atoms with Gasteiger partial charge in [0.15, 0.2) is 0 Å². The summed E-state index contributed by atoms with van der Waals surface area (Å²) in [5.41, 5.74) is 5.98. The molecule has 4 aromatic carbocycles. The zero-order chi connectivity index (χ0) is 25.2. The highest BCUT2D eigenvalue weighted by Gasteiger charge is 2.29. The van der Waals surface area contributed by atoms with Crippen molar-refractivity contribution >= 4 is 28.2 Å². The molecular weight excluding hydrogens is 478 g/mol. The molecule has 0 amide bonds. The average Bonchev–Trinajstić information content (AvgIpc) is 2.95. The Morgan fingerprint density at radius 1 is 0.703 bits per heavy atom. The zero-order valence-corrected chi connectivity index (χ0v) is 21.2. The molecule has 1 saturated heterocycles. The third kappa shape index (κ3) is 4.66. The van der Waals surface area contributed by atoms with Gasteiger partial charge >= 0.3 is 0 Å². The van der Waals surface area contributed by atoms with E-state index in [0.29, 0.717) is 5.02 Å². The van der Waals surface area contributed by atoms with Crippen LogP contribution in [-0.4, -0.2) is 36.1 Å². The van der Waals surface area contributed by atoms with E-state index < -0.39 is 0 Å². The molecule has 37 heavy (non-hydrogen) atoms. The van der Waals surface area contributed by atoms with Gasteiger partial charge in [0.2, 0.25) is 0 Å². The number of anilines is 1. The van der Waals surface area contributed by atoms with Crippen LogP contribution in [0.4, 0.5) is 5.69 Å². The molecule has 6 rings (SSSR count). The Morgan fingerprint density at radius 2 is 1.27 bits per heavy atom. The molecule has 0 atom stereocenters. The first kappa shape index (κ1) is 23.5. The van der Waals surface area contributed by atoms with Crippen molar-refractivity contribution in [3.05, 3.63) is 136 Å². The molecule has 2 heterocycles. The molecule has 0 spiro atoms. The maximum atomic E-state index is 13.5. The summed E-state index contributed by atoms with van der Waals surface area (Å²) in [5.74, 6) is 0. The Balaban J connectivity index is 1.38. The van der Waals surface area contributed by atoms with E-state index in [0.717, 1.165) is 53.9 Å². The smallest absolute Gasteiger partial charge is 0.272 e. The predicted molar refractivity (Wildman–Crippen MR) is 154 cm³/mol. The summed E-state index contributed by atoms with van der Waals surface area (Å²) in [6.07, 6.45) is 0. The molecule has 0 aliphatic carbocycles. The number of H-pyrrole nitrogens is 1. The SMILES string of the molecule is O=c1[nH]c2ccc(Cl)cc2c(-c2ccccc2)c1N1CCN(C(c2ccccc2)c2ccccc2)CC1. The number of hydrogen-bond donors (Lipinski definition) is 1. The van der Waals surface area contributed by atoms with Gasteiger partial charge in [0, 0.05) is 47.7 Å². The van der Waals surface area contributed by atoms with Gasteiger partial charge in [-0.1, -0.05) is 103 Å². The fourth-order valence-electron chi connectivity index (χ4n) is 5.54. The van der Waals surface area contributed by atoms with Gasteiger partial charge in [-0.15, -0.1) is 0 Å². The minimum Gasteiger partial charge on any atom is -0.364 e. The molecular formula is C32H28ClN3O. The van der Waals surface area contributed by atoms with Gasteiger partial charge in [0.1, 0.15) is 5.69 Å². The summed E-state index contributed by atoms with van der Waals surface area (Å²) >= 11 is 6.41. The van der Waals surface area contributed by atoms with Gasteiger partial charge < -0.3 is 9.88 Å². The average molecular weight is 506 g/mol. The van der Waals surface area contributed by atoms with Crippen molar-refractivity contribution in [2.75, 3.05) is 31.1 Å². The number of nitrogens with zero attached hydrogens (tertiary/aromatic N) is 2. The van der Waals surface area contributed by atoms with E-state index >= 15 is 0 Å². The van der Waals surface area contributed by atoms with Crippen LogP contribution in [0.1, 0.15) is 17.2 Å². The molecule has 0 saturated carbocycles. The minimum atomic E-state index is -0.0650. The molecule has 1 N–H and O–H groups in total. The number of halogens is 1. The number of hydrogen-bond acceptors (Lipinski definition) is 3. The Kier molecular flexibility index (Phi) is 6.52.